The zero-order chi connectivity index (χ0) is 11.0. The summed E-state index contributed by atoms with van der Waals surface area (Å²) in [6.07, 6.45) is 4.36. The van der Waals surface area contributed by atoms with E-state index in [1.807, 2.05) is 24.4 Å². The van der Waals surface area contributed by atoms with Crippen molar-refractivity contribution in [3.05, 3.63) is 30.5 Å². The van der Waals surface area contributed by atoms with Crippen molar-refractivity contribution in [1.29, 1.82) is 0 Å². The smallest absolute Gasteiger partial charge is 0.134 e. The Hall–Kier alpha value is -1.77. The number of rotatable bonds is 3. The average molecular weight is 214 g/mol. The fourth-order valence-corrected chi connectivity index (χ4v) is 1.82. The van der Waals surface area contributed by atoms with Crippen LogP contribution in [0.3, 0.4) is 0 Å². The Morgan fingerprint density at radius 1 is 1.31 bits per heavy atom. The lowest BCUT2D eigenvalue weighted by atomic mass is 10.1. The highest BCUT2D eigenvalue weighted by molar-refractivity contribution is 5.92. The van der Waals surface area contributed by atoms with Crippen LogP contribution in [0.1, 0.15) is 12.8 Å². The van der Waals surface area contributed by atoms with Crippen molar-refractivity contribution in [1.82, 2.24) is 4.98 Å². The summed E-state index contributed by atoms with van der Waals surface area (Å²) < 4.78 is 5.21. The van der Waals surface area contributed by atoms with Crippen molar-refractivity contribution in [3.8, 4) is 5.75 Å². The van der Waals surface area contributed by atoms with Gasteiger partial charge in [0.2, 0.25) is 0 Å². The van der Waals surface area contributed by atoms with Gasteiger partial charge in [-0.05, 0) is 42.5 Å². The molecule has 2 aromatic rings. The number of hydrogen-bond acceptors (Lipinski definition) is 3. The van der Waals surface area contributed by atoms with Crippen LogP contribution in [0.4, 0.5) is 5.82 Å². The Morgan fingerprint density at radius 2 is 2.19 bits per heavy atom. The molecule has 1 aliphatic rings. The maximum Gasteiger partial charge on any atom is 0.134 e. The molecule has 0 saturated heterocycles. The first-order valence-electron chi connectivity index (χ1n) is 5.56. The first-order valence-corrected chi connectivity index (χ1v) is 5.56. The highest BCUT2D eigenvalue weighted by atomic mass is 16.5. The maximum absolute atomic E-state index is 5.21. The molecule has 1 fully saturated rings. The Kier molecular flexibility index (Phi) is 2.17. The largest absolute Gasteiger partial charge is 0.497 e. The fraction of sp³-hybridized carbons (Fsp3) is 0.308. The third-order valence-electron chi connectivity index (χ3n) is 2.89. The normalized spacial score (nSPS) is 15.1. The van der Waals surface area contributed by atoms with Gasteiger partial charge in [-0.3, -0.25) is 0 Å². The van der Waals surface area contributed by atoms with Crippen molar-refractivity contribution < 1.29 is 4.74 Å². The van der Waals surface area contributed by atoms with Crippen LogP contribution in [0.15, 0.2) is 30.5 Å². The van der Waals surface area contributed by atoms with Gasteiger partial charge in [0.05, 0.1) is 7.11 Å². The van der Waals surface area contributed by atoms with Crippen LogP contribution < -0.4 is 10.1 Å². The second-order valence-corrected chi connectivity index (χ2v) is 4.17. The molecule has 1 aromatic carbocycles. The second-order valence-electron chi connectivity index (χ2n) is 4.17. The summed E-state index contributed by atoms with van der Waals surface area (Å²) in [5.74, 6) is 1.87. The van der Waals surface area contributed by atoms with E-state index >= 15 is 0 Å². The summed E-state index contributed by atoms with van der Waals surface area (Å²) in [7, 11) is 1.69. The van der Waals surface area contributed by atoms with E-state index in [2.05, 4.69) is 16.4 Å². The number of nitrogens with zero attached hydrogens (tertiary/aromatic N) is 1. The molecule has 0 amide bonds. The van der Waals surface area contributed by atoms with E-state index in [0.29, 0.717) is 6.04 Å². The standard InChI is InChI=1S/C13H14N2O/c1-16-11-4-5-12-9(8-11)6-7-14-13(12)15-10-2-3-10/h4-8,10H,2-3H2,1H3,(H,14,15). The van der Waals surface area contributed by atoms with Crippen molar-refractivity contribution in [2.75, 3.05) is 12.4 Å². The summed E-state index contributed by atoms with van der Waals surface area (Å²) in [5, 5.41) is 5.77. The van der Waals surface area contributed by atoms with Crippen LogP contribution in [-0.2, 0) is 0 Å². The molecule has 0 radical (unpaired) electrons. The van der Waals surface area contributed by atoms with Crippen LogP contribution in [0, 0.1) is 0 Å². The summed E-state index contributed by atoms with van der Waals surface area (Å²) in [6.45, 7) is 0. The SMILES string of the molecule is COc1ccc2c(NC3CC3)nccc2c1. The van der Waals surface area contributed by atoms with E-state index in [0.717, 1.165) is 22.3 Å². The van der Waals surface area contributed by atoms with Crippen molar-refractivity contribution in [2.24, 2.45) is 0 Å². The molecule has 0 atom stereocenters. The molecule has 3 heteroatoms. The molecule has 3 rings (SSSR count). The predicted octanol–water partition coefficient (Wildman–Crippen LogP) is 2.82. The molecular weight excluding hydrogens is 200 g/mol. The Bertz CT molecular complexity index is 520. The van der Waals surface area contributed by atoms with Gasteiger partial charge in [0, 0.05) is 17.6 Å². The van der Waals surface area contributed by atoms with Crippen LogP contribution in [0.5, 0.6) is 5.75 Å². The number of anilines is 1. The van der Waals surface area contributed by atoms with Crippen LogP contribution in [0.25, 0.3) is 10.8 Å². The predicted molar refractivity (Wildman–Crippen MR) is 64.9 cm³/mol. The number of aromatic nitrogens is 1. The number of pyridine rings is 1. The van der Waals surface area contributed by atoms with Gasteiger partial charge in [-0.25, -0.2) is 4.98 Å². The molecule has 0 bridgehead atoms. The van der Waals surface area contributed by atoms with Gasteiger partial charge >= 0.3 is 0 Å². The first kappa shape index (κ1) is 9.46. The third-order valence-corrected chi connectivity index (χ3v) is 2.89. The van der Waals surface area contributed by atoms with E-state index in [1.54, 1.807) is 7.11 Å². The molecule has 82 valence electrons. The van der Waals surface area contributed by atoms with Crippen molar-refractivity contribution in [2.45, 2.75) is 18.9 Å². The molecule has 1 N–H and O–H groups in total. The number of fused-ring (bicyclic) bond motifs is 1. The topological polar surface area (TPSA) is 34.1 Å². The van der Waals surface area contributed by atoms with E-state index < -0.39 is 0 Å². The summed E-state index contributed by atoms with van der Waals surface area (Å²) in [4.78, 5) is 4.39. The number of hydrogen-bond donors (Lipinski definition) is 1. The maximum atomic E-state index is 5.21. The van der Waals surface area contributed by atoms with Crippen LogP contribution in [-0.4, -0.2) is 18.1 Å². The highest BCUT2D eigenvalue weighted by Crippen LogP contribution is 2.29. The van der Waals surface area contributed by atoms with Crippen molar-refractivity contribution >= 4 is 16.6 Å². The van der Waals surface area contributed by atoms with Gasteiger partial charge in [-0.1, -0.05) is 0 Å². The van der Waals surface area contributed by atoms with Crippen LogP contribution >= 0.6 is 0 Å². The molecule has 0 aliphatic heterocycles. The molecule has 1 aromatic heterocycles. The molecule has 1 aliphatic carbocycles. The number of methoxy groups -OCH3 is 1. The molecule has 0 unspecified atom stereocenters. The van der Waals surface area contributed by atoms with E-state index in [9.17, 15) is 0 Å². The van der Waals surface area contributed by atoms with Crippen molar-refractivity contribution in [3.63, 3.8) is 0 Å². The Morgan fingerprint density at radius 3 is 2.94 bits per heavy atom. The van der Waals surface area contributed by atoms with Gasteiger partial charge < -0.3 is 10.1 Å². The van der Waals surface area contributed by atoms with E-state index in [1.165, 1.54) is 12.8 Å². The summed E-state index contributed by atoms with van der Waals surface area (Å²) in [6, 6.07) is 8.71. The van der Waals surface area contributed by atoms with Gasteiger partial charge in [-0.15, -0.1) is 0 Å². The lowest BCUT2D eigenvalue weighted by molar-refractivity contribution is 0.415. The molecule has 16 heavy (non-hydrogen) atoms. The van der Waals surface area contributed by atoms with E-state index in [-0.39, 0.29) is 0 Å². The van der Waals surface area contributed by atoms with Crippen LogP contribution in [0.2, 0.25) is 0 Å². The number of ether oxygens (including phenoxy) is 1. The molecule has 1 saturated carbocycles. The lowest BCUT2D eigenvalue weighted by Crippen LogP contribution is -2.03. The van der Waals surface area contributed by atoms with Gasteiger partial charge in [0.15, 0.2) is 0 Å². The summed E-state index contributed by atoms with van der Waals surface area (Å²) >= 11 is 0. The quantitative estimate of drug-likeness (QED) is 0.853. The molecule has 1 heterocycles. The molecule has 0 spiro atoms. The monoisotopic (exact) mass is 214 g/mol. The number of nitrogens with one attached hydrogen (secondary N) is 1. The molecule has 3 nitrogen and oxygen atoms in total. The number of benzene rings is 1. The highest BCUT2D eigenvalue weighted by Gasteiger charge is 2.21. The van der Waals surface area contributed by atoms with Gasteiger partial charge in [-0.2, -0.15) is 0 Å². The fourth-order valence-electron chi connectivity index (χ4n) is 1.82. The van der Waals surface area contributed by atoms with Gasteiger partial charge in [0.25, 0.3) is 0 Å². The Labute approximate surface area is 94.5 Å². The van der Waals surface area contributed by atoms with Gasteiger partial charge in [0.1, 0.15) is 11.6 Å². The van der Waals surface area contributed by atoms with E-state index in [4.69, 9.17) is 4.74 Å². The third kappa shape index (κ3) is 1.69. The minimum absolute atomic E-state index is 0.625. The second kappa shape index (κ2) is 3.67. The lowest BCUT2D eigenvalue weighted by Gasteiger charge is -2.08. The first-order chi connectivity index (χ1) is 7.86. The average Bonchev–Trinajstić information content (AvgIpc) is 3.13. The minimum atomic E-state index is 0.625. The molecular formula is C13H14N2O. The zero-order valence-corrected chi connectivity index (χ0v) is 9.23. The zero-order valence-electron chi connectivity index (χ0n) is 9.23. The summed E-state index contributed by atoms with van der Waals surface area (Å²) in [5.41, 5.74) is 0. The Balaban J connectivity index is 2.07. The minimum Gasteiger partial charge on any atom is -0.497 e.